The van der Waals surface area contributed by atoms with E-state index in [9.17, 15) is 9.59 Å². The molecule has 0 bridgehead atoms. The molecule has 0 atom stereocenters. The van der Waals surface area contributed by atoms with Crippen LogP contribution in [-0.2, 0) is 18.8 Å². The largest absolute Gasteiger partial charge is 0.513 e. The van der Waals surface area contributed by atoms with Crippen LogP contribution in [0.4, 0.5) is 9.59 Å². The molecule has 0 saturated heterocycles. The lowest BCUT2D eigenvalue weighted by Gasteiger charge is -2.03. The molecule has 0 heterocycles. The van der Waals surface area contributed by atoms with E-state index >= 15 is 0 Å². The minimum atomic E-state index is -1.07. The number of ether oxygens (including phenoxy) is 2. The Kier molecular flexibility index (Phi) is 5.68. The van der Waals surface area contributed by atoms with Crippen molar-refractivity contribution in [2.45, 2.75) is 0 Å². The molecular formula is C4H4B2O6. The van der Waals surface area contributed by atoms with Gasteiger partial charge >= 0.3 is 28.4 Å². The lowest BCUT2D eigenvalue weighted by atomic mass is 10.6. The molecule has 0 spiro atoms. The number of carbonyl (C=O) groups is 2. The molecule has 0 saturated carbocycles. The Balaban J connectivity index is 3.21. The zero-order valence-electron chi connectivity index (χ0n) is 6.02. The van der Waals surface area contributed by atoms with Crippen LogP contribution in [0.2, 0.25) is 0 Å². The van der Waals surface area contributed by atoms with Crippen LogP contribution < -0.4 is 0 Å². The summed E-state index contributed by atoms with van der Waals surface area (Å²) in [6.07, 6.45) is -2.14. The SMILES string of the molecule is [B]OC(=O)OCCOC(=O)O[B]. The molecule has 0 rings (SSSR count). The second kappa shape index (κ2) is 6.38. The molecule has 0 aromatic rings. The summed E-state index contributed by atoms with van der Waals surface area (Å²) in [6, 6.07) is 0. The summed E-state index contributed by atoms with van der Waals surface area (Å²) in [5.41, 5.74) is 0. The highest BCUT2D eigenvalue weighted by molar-refractivity contribution is 6.04. The van der Waals surface area contributed by atoms with Gasteiger partial charge in [-0.05, 0) is 0 Å². The maximum absolute atomic E-state index is 10.2. The Morgan fingerprint density at radius 3 is 1.50 bits per heavy atom. The summed E-state index contributed by atoms with van der Waals surface area (Å²) in [4.78, 5) is 20.3. The number of carbonyl (C=O) groups excluding carboxylic acids is 2. The first-order valence-corrected chi connectivity index (χ1v) is 2.77. The van der Waals surface area contributed by atoms with Crippen LogP contribution in [0.5, 0.6) is 0 Å². The molecule has 0 aromatic heterocycles. The summed E-state index contributed by atoms with van der Waals surface area (Å²) in [5, 5.41) is 0. The summed E-state index contributed by atoms with van der Waals surface area (Å²) < 4.78 is 15.7. The lowest BCUT2D eigenvalue weighted by Crippen LogP contribution is -2.14. The molecule has 0 aliphatic rings. The predicted octanol–water partition coefficient (Wildman–Crippen LogP) is -0.540. The molecular weight excluding hydrogens is 166 g/mol. The predicted molar refractivity (Wildman–Crippen MR) is 36.4 cm³/mol. The van der Waals surface area contributed by atoms with Gasteiger partial charge in [0.25, 0.3) is 0 Å². The molecule has 0 aromatic carbocycles. The number of hydrogen-bond donors (Lipinski definition) is 0. The van der Waals surface area contributed by atoms with E-state index in [0.29, 0.717) is 0 Å². The van der Waals surface area contributed by atoms with Gasteiger partial charge in [0, 0.05) is 0 Å². The van der Waals surface area contributed by atoms with E-state index in [2.05, 4.69) is 34.9 Å². The fourth-order valence-electron chi connectivity index (χ4n) is 0.318. The van der Waals surface area contributed by atoms with E-state index < -0.39 is 12.3 Å². The fourth-order valence-corrected chi connectivity index (χ4v) is 0.318. The molecule has 4 radical (unpaired) electrons. The van der Waals surface area contributed by atoms with Gasteiger partial charge in [-0.2, -0.15) is 0 Å². The second-order valence-electron chi connectivity index (χ2n) is 1.43. The monoisotopic (exact) mass is 170 g/mol. The first kappa shape index (κ1) is 10.7. The van der Waals surface area contributed by atoms with Crippen molar-refractivity contribution in [2.75, 3.05) is 13.2 Å². The van der Waals surface area contributed by atoms with Gasteiger partial charge in [0.15, 0.2) is 0 Å². The molecule has 0 aliphatic carbocycles. The Morgan fingerprint density at radius 2 is 1.25 bits per heavy atom. The average molecular weight is 170 g/mol. The van der Waals surface area contributed by atoms with Crippen molar-refractivity contribution in [1.29, 1.82) is 0 Å². The van der Waals surface area contributed by atoms with Gasteiger partial charge in [-0.3, -0.25) is 0 Å². The highest BCUT2D eigenvalue weighted by Gasteiger charge is 2.02. The van der Waals surface area contributed by atoms with Gasteiger partial charge in [-0.15, -0.1) is 0 Å². The topological polar surface area (TPSA) is 71.1 Å². The molecule has 62 valence electrons. The van der Waals surface area contributed by atoms with Crippen LogP contribution in [0.25, 0.3) is 0 Å². The molecule has 0 amide bonds. The van der Waals surface area contributed by atoms with Crippen molar-refractivity contribution in [3.05, 3.63) is 0 Å². The normalized spacial score (nSPS) is 8.33. The Bertz CT molecular complexity index is 142. The molecule has 0 aliphatic heterocycles. The average Bonchev–Trinajstić information content (AvgIpc) is 2.11. The van der Waals surface area contributed by atoms with Crippen LogP contribution in [0.15, 0.2) is 0 Å². The number of rotatable bonds is 3. The second-order valence-corrected chi connectivity index (χ2v) is 1.43. The first-order chi connectivity index (χ1) is 5.70. The Hall–Kier alpha value is -1.33. The fraction of sp³-hybridized carbons (Fsp3) is 0.500. The van der Waals surface area contributed by atoms with Crippen LogP contribution >= 0.6 is 0 Å². The molecule has 0 N–H and O–H groups in total. The van der Waals surface area contributed by atoms with Crippen molar-refractivity contribution < 1.29 is 28.4 Å². The third kappa shape index (κ3) is 5.45. The van der Waals surface area contributed by atoms with Crippen molar-refractivity contribution in [1.82, 2.24) is 0 Å². The molecule has 12 heavy (non-hydrogen) atoms. The summed E-state index contributed by atoms with van der Waals surface area (Å²) in [5.74, 6) is 0. The van der Waals surface area contributed by atoms with Gasteiger partial charge in [-0.1, -0.05) is 0 Å². The van der Waals surface area contributed by atoms with E-state index in [4.69, 9.17) is 0 Å². The van der Waals surface area contributed by atoms with E-state index in [1.807, 2.05) is 0 Å². The van der Waals surface area contributed by atoms with Crippen LogP contribution in [0.3, 0.4) is 0 Å². The zero-order chi connectivity index (χ0) is 9.40. The van der Waals surface area contributed by atoms with Gasteiger partial charge < -0.3 is 18.8 Å². The maximum Gasteiger partial charge on any atom is 0.489 e. The van der Waals surface area contributed by atoms with E-state index in [0.717, 1.165) is 0 Å². The van der Waals surface area contributed by atoms with Crippen LogP contribution in [0.1, 0.15) is 0 Å². The van der Waals surface area contributed by atoms with Gasteiger partial charge in [0.05, 0.1) is 0 Å². The molecule has 0 fully saturated rings. The van der Waals surface area contributed by atoms with Crippen molar-refractivity contribution >= 4 is 28.4 Å². The molecule has 8 heteroatoms. The summed E-state index contributed by atoms with van der Waals surface area (Å²) in [7, 11) is 8.83. The quantitative estimate of drug-likeness (QED) is 0.321. The molecule has 0 unspecified atom stereocenters. The van der Waals surface area contributed by atoms with Crippen LogP contribution in [-0.4, -0.2) is 41.6 Å². The van der Waals surface area contributed by atoms with Crippen molar-refractivity contribution in [3.63, 3.8) is 0 Å². The minimum Gasteiger partial charge on any atom is -0.513 e. The maximum atomic E-state index is 10.2. The smallest absolute Gasteiger partial charge is 0.489 e. The minimum absolute atomic E-state index is 0.189. The van der Waals surface area contributed by atoms with E-state index in [-0.39, 0.29) is 13.2 Å². The third-order valence-electron chi connectivity index (χ3n) is 0.716. The van der Waals surface area contributed by atoms with Gasteiger partial charge in [-0.25, -0.2) is 9.59 Å². The van der Waals surface area contributed by atoms with Gasteiger partial charge in [0.1, 0.15) is 13.2 Å². The van der Waals surface area contributed by atoms with Crippen molar-refractivity contribution in [2.24, 2.45) is 0 Å². The first-order valence-electron chi connectivity index (χ1n) is 2.77. The third-order valence-corrected chi connectivity index (χ3v) is 0.716. The standard InChI is InChI=1S/C4H4B2O6/c5-11-3(7)9-1-2-10-4(8)12-6/h1-2H2. The summed E-state index contributed by atoms with van der Waals surface area (Å²) >= 11 is 0. The summed E-state index contributed by atoms with van der Waals surface area (Å²) in [6.45, 7) is -0.379. The number of hydrogen-bond acceptors (Lipinski definition) is 6. The van der Waals surface area contributed by atoms with Gasteiger partial charge in [0.2, 0.25) is 0 Å². The van der Waals surface area contributed by atoms with E-state index in [1.165, 1.54) is 0 Å². The Morgan fingerprint density at radius 1 is 0.917 bits per heavy atom. The highest BCUT2D eigenvalue weighted by atomic mass is 16.7. The highest BCUT2D eigenvalue weighted by Crippen LogP contribution is 1.84. The zero-order valence-corrected chi connectivity index (χ0v) is 6.02. The lowest BCUT2D eigenvalue weighted by molar-refractivity contribution is 0.0567. The Labute approximate surface area is 71.0 Å². The van der Waals surface area contributed by atoms with Crippen molar-refractivity contribution in [3.8, 4) is 0 Å². The van der Waals surface area contributed by atoms with Crippen LogP contribution in [0, 0.1) is 0 Å². The molecule has 6 nitrogen and oxygen atoms in total. The van der Waals surface area contributed by atoms with E-state index in [1.54, 1.807) is 0 Å².